The molecule has 0 fully saturated rings. The lowest BCUT2D eigenvalue weighted by Crippen LogP contribution is -2.09. The van der Waals surface area contributed by atoms with Gasteiger partial charge in [-0.3, -0.25) is 4.79 Å². The monoisotopic (exact) mass is 370 g/mol. The van der Waals surface area contributed by atoms with Crippen LogP contribution in [0.3, 0.4) is 0 Å². The SMILES string of the molecule is CCCCCC(CC)c1cc(-c2ccccc2)ccc1C(=O)c1ccccc1. The second-order valence-electron chi connectivity index (χ2n) is 7.46. The van der Waals surface area contributed by atoms with Crippen molar-refractivity contribution in [1.82, 2.24) is 0 Å². The van der Waals surface area contributed by atoms with Gasteiger partial charge >= 0.3 is 0 Å². The van der Waals surface area contributed by atoms with Crippen LogP contribution in [0, 0.1) is 0 Å². The topological polar surface area (TPSA) is 17.1 Å². The van der Waals surface area contributed by atoms with E-state index in [0.717, 1.165) is 24.0 Å². The van der Waals surface area contributed by atoms with Crippen molar-refractivity contribution in [2.24, 2.45) is 0 Å². The molecule has 0 aromatic heterocycles. The molecule has 0 heterocycles. The van der Waals surface area contributed by atoms with E-state index >= 15 is 0 Å². The number of ketones is 1. The Bertz CT molecular complexity index is 881. The van der Waals surface area contributed by atoms with Gasteiger partial charge in [-0.1, -0.05) is 112 Å². The Hall–Kier alpha value is -2.67. The van der Waals surface area contributed by atoms with Crippen molar-refractivity contribution in [1.29, 1.82) is 0 Å². The van der Waals surface area contributed by atoms with E-state index in [-0.39, 0.29) is 5.78 Å². The average molecular weight is 371 g/mol. The Morgan fingerprint density at radius 3 is 2.11 bits per heavy atom. The molecule has 3 rings (SSSR count). The number of carbonyl (C=O) groups is 1. The predicted octanol–water partition coefficient (Wildman–Crippen LogP) is 7.66. The van der Waals surface area contributed by atoms with Crippen molar-refractivity contribution < 1.29 is 4.79 Å². The van der Waals surface area contributed by atoms with Crippen LogP contribution in [-0.4, -0.2) is 5.78 Å². The third kappa shape index (κ3) is 4.78. The number of benzene rings is 3. The number of rotatable bonds is 9. The molecule has 1 heteroatoms. The summed E-state index contributed by atoms with van der Waals surface area (Å²) in [7, 11) is 0. The Kier molecular flexibility index (Phi) is 7.19. The third-order valence-electron chi connectivity index (χ3n) is 5.53. The molecule has 0 saturated carbocycles. The molecule has 0 aliphatic rings. The lowest BCUT2D eigenvalue weighted by atomic mass is 9.83. The summed E-state index contributed by atoms with van der Waals surface area (Å²) in [5, 5.41) is 0. The molecule has 0 saturated heterocycles. The average Bonchev–Trinajstić information content (AvgIpc) is 2.77. The van der Waals surface area contributed by atoms with Gasteiger partial charge in [0.15, 0.2) is 5.78 Å². The molecule has 3 aromatic rings. The van der Waals surface area contributed by atoms with Crippen molar-refractivity contribution in [3.05, 3.63) is 95.6 Å². The first-order valence-electron chi connectivity index (χ1n) is 10.5. The molecule has 144 valence electrons. The molecular weight excluding hydrogens is 340 g/mol. The third-order valence-corrected chi connectivity index (χ3v) is 5.53. The maximum absolute atomic E-state index is 13.3. The van der Waals surface area contributed by atoms with Crippen LogP contribution in [0.5, 0.6) is 0 Å². The fourth-order valence-corrected chi connectivity index (χ4v) is 3.88. The summed E-state index contributed by atoms with van der Waals surface area (Å²) in [6.07, 6.45) is 5.87. The summed E-state index contributed by atoms with van der Waals surface area (Å²) in [5.74, 6) is 0.544. The Labute approximate surface area is 169 Å². The van der Waals surface area contributed by atoms with Crippen LogP contribution in [0.4, 0.5) is 0 Å². The highest BCUT2D eigenvalue weighted by Crippen LogP contribution is 2.33. The van der Waals surface area contributed by atoms with Crippen LogP contribution in [0.25, 0.3) is 11.1 Å². The Morgan fingerprint density at radius 1 is 0.786 bits per heavy atom. The number of unbranched alkanes of at least 4 members (excludes halogenated alkanes) is 2. The van der Waals surface area contributed by atoms with Crippen molar-refractivity contribution >= 4 is 5.78 Å². The second-order valence-corrected chi connectivity index (χ2v) is 7.46. The highest BCUT2D eigenvalue weighted by molar-refractivity contribution is 6.10. The summed E-state index contributed by atoms with van der Waals surface area (Å²) in [6, 6.07) is 26.5. The van der Waals surface area contributed by atoms with E-state index < -0.39 is 0 Å². The molecule has 0 aliphatic heterocycles. The van der Waals surface area contributed by atoms with Gasteiger partial charge in [-0.2, -0.15) is 0 Å². The summed E-state index contributed by atoms with van der Waals surface area (Å²) in [4.78, 5) is 13.3. The van der Waals surface area contributed by atoms with Crippen molar-refractivity contribution in [3.8, 4) is 11.1 Å². The first-order valence-corrected chi connectivity index (χ1v) is 10.5. The Morgan fingerprint density at radius 2 is 1.46 bits per heavy atom. The van der Waals surface area contributed by atoms with Crippen LogP contribution in [-0.2, 0) is 0 Å². The molecule has 1 nitrogen and oxygen atoms in total. The van der Waals surface area contributed by atoms with E-state index in [4.69, 9.17) is 0 Å². The van der Waals surface area contributed by atoms with Crippen molar-refractivity contribution in [2.45, 2.75) is 51.9 Å². The summed E-state index contributed by atoms with van der Waals surface area (Å²) < 4.78 is 0. The standard InChI is InChI=1S/C27H30O/c1-3-5-8-13-21(4-2)26-20-24(22-14-9-6-10-15-22)18-19-25(26)27(28)23-16-11-7-12-17-23/h6-7,9-12,14-21H,3-5,8,13H2,1-2H3. The molecule has 28 heavy (non-hydrogen) atoms. The zero-order chi connectivity index (χ0) is 19.8. The van der Waals surface area contributed by atoms with Crippen LogP contribution in [0.1, 0.15) is 73.4 Å². The molecule has 0 amide bonds. The van der Waals surface area contributed by atoms with Gasteiger partial charge < -0.3 is 0 Å². The highest BCUT2D eigenvalue weighted by Gasteiger charge is 2.20. The van der Waals surface area contributed by atoms with E-state index in [1.54, 1.807) is 0 Å². The number of hydrogen-bond acceptors (Lipinski definition) is 1. The summed E-state index contributed by atoms with van der Waals surface area (Å²) in [5.41, 5.74) is 5.21. The molecule has 0 spiro atoms. The van der Waals surface area contributed by atoms with E-state index in [1.165, 1.54) is 36.0 Å². The predicted molar refractivity (Wildman–Crippen MR) is 119 cm³/mol. The molecule has 1 unspecified atom stereocenters. The molecule has 3 aromatic carbocycles. The minimum absolute atomic E-state index is 0.129. The largest absolute Gasteiger partial charge is 0.289 e. The zero-order valence-corrected chi connectivity index (χ0v) is 17.0. The lowest BCUT2D eigenvalue weighted by molar-refractivity contribution is 0.103. The molecule has 0 radical (unpaired) electrons. The van der Waals surface area contributed by atoms with E-state index in [2.05, 4.69) is 50.2 Å². The summed E-state index contributed by atoms with van der Waals surface area (Å²) >= 11 is 0. The molecule has 0 aliphatic carbocycles. The van der Waals surface area contributed by atoms with Gasteiger partial charge in [0.25, 0.3) is 0 Å². The molecule has 0 bridgehead atoms. The maximum Gasteiger partial charge on any atom is 0.193 e. The molecule has 0 N–H and O–H groups in total. The van der Waals surface area contributed by atoms with Gasteiger partial charge in [0.05, 0.1) is 0 Å². The minimum atomic E-state index is 0.129. The van der Waals surface area contributed by atoms with Crippen LogP contribution in [0.2, 0.25) is 0 Å². The fourth-order valence-electron chi connectivity index (χ4n) is 3.88. The van der Waals surface area contributed by atoms with Crippen LogP contribution < -0.4 is 0 Å². The number of hydrogen-bond donors (Lipinski definition) is 0. The fraction of sp³-hybridized carbons (Fsp3) is 0.296. The normalized spacial score (nSPS) is 11.9. The van der Waals surface area contributed by atoms with Crippen LogP contribution >= 0.6 is 0 Å². The quantitative estimate of drug-likeness (QED) is 0.279. The van der Waals surface area contributed by atoms with E-state index in [0.29, 0.717) is 5.92 Å². The Balaban J connectivity index is 2.03. The van der Waals surface area contributed by atoms with Gasteiger partial charge in [-0.05, 0) is 35.4 Å². The molecular formula is C27H30O. The smallest absolute Gasteiger partial charge is 0.193 e. The van der Waals surface area contributed by atoms with Crippen LogP contribution in [0.15, 0.2) is 78.9 Å². The number of carbonyl (C=O) groups excluding carboxylic acids is 1. The van der Waals surface area contributed by atoms with E-state index in [9.17, 15) is 4.79 Å². The second kappa shape index (κ2) is 10.0. The van der Waals surface area contributed by atoms with Gasteiger partial charge in [0.2, 0.25) is 0 Å². The maximum atomic E-state index is 13.3. The molecule has 1 atom stereocenters. The summed E-state index contributed by atoms with van der Waals surface area (Å²) in [6.45, 7) is 4.48. The highest BCUT2D eigenvalue weighted by atomic mass is 16.1. The van der Waals surface area contributed by atoms with Gasteiger partial charge in [0, 0.05) is 11.1 Å². The van der Waals surface area contributed by atoms with Crippen molar-refractivity contribution in [3.63, 3.8) is 0 Å². The first kappa shape index (κ1) is 20.1. The lowest BCUT2D eigenvalue weighted by Gasteiger charge is -2.20. The van der Waals surface area contributed by atoms with Gasteiger partial charge in [-0.15, -0.1) is 0 Å². The van der Waals surface area contributed by atoms with E-state index in [1.807, 2.05) is 42.5 Å². The zero-order valence-electron chi connectivity index (χ0n) is 17.0. The van der Waals surface area contributed by atoms with Gasteiger partial charge in [0.1, 0.15) is 0 Å². The van der Waals surface area contributed by atoms with Gasteiger partial charge in [-0.25, -0.2) is 0 Å². The minimum Gasteiger partial charge on any atom is -0.289 e. The van der Waals surface area contributed by atoms with Crippen molar-refractivity contribution in [2.75, 3.05) is 0 Å². The first-order chi connectivity index (χ1) is 13.7.